The lowest BCUT2D eigenvalue weighted by atomic mass is 10.1. The van der Waals surface area contributed by atoms with E-state index in [0.29, 0.717) is 6.54 Å². The summed E-state index contributed by atoms with van der Waals surface area (Å²) < 4.78 is 26.8. The molecule has 1 aliphatic rings. The fourth-order valence-electron chi connectivity index (χ4n) is 2.00. The van der Waals surface area contributed by atoms with Crippen LogP contribution in [0.5, 0.6) is 0 Å². The number of halogens is 3. The van der Waals surface area contributed by atoms with Crippen LogP contribution in [-0.4, -0.2) is 19.0 Å². The van der Waals surface area contributed by atoms with Gasteiger partial charge in [-0.1, -0.05) is 5.11 Å². The molecule has 2 rings (SSSR count). The summed E-state index contributed by atoms with van der Waals surface area (Å²) in [6.45, 7) is 0.505. The van der Waals surface area contributed by atoms with Crippen molar-refractivity contribution >= 4 is 34.2 Å². The molecule has 1 atom stereocenters. The molecule has 100 valence electrons. The highest BCUT2D eigenvalue weighted by molar-refractivity contribution is 14.1. The maximum atomic E-state index is 13.5. The van der Waals surface area contributed by atoms with E-state index in [-0.39, 0.29) is 34.0 Å². The summed E-state index contributed by atoms with van der Waals surface area (Å²) in [7, 11) is 0. The first-order chi connectivity index (χ1) is 9.02. The average molecular weight is 378 g/mol. The molecular formula is C11H9F2IN4O. The lowest BCUT2D eigenvalue weighted by Crippen LogP contribution is -2.25. The fourth-order valence-corrected chi connectivity index (χ4v) is 2.31. The lowest BCUT2D eigenvalue weighted by Gasteiger charge is -2.17. The molecule has 1 amide bonds. The van der Waals surface area contributed by atoms with Crippen LogP contribution in [-0.2, 0) is 4.79 Å². The Bertz CT molecular complexity index is 551. The van der Waals surface area contributed by atoms with Crippen molar-refractivity contribution in [3.63, 3.8) is 0 Å². The molecule has 1 heterocycles. The van der Waals surface area contributed by atoms with Gasteiger partial charge in [-0.2, -0.15) is 0 Å². The SMILES string of the molecule is [N-]=[N+]=NCC1CC(=O)N(c2cc(F)c(I)c(F)c2)C1. The molecule has 0 aromatic heterocycles. The molecule has 1 aromatic rings. The van der Waals surface area contributed by atoms with Gasteiger partial charge in [0.1, 0.15) is 11.6 Å². The highest BCUT2D eigenvalue weighted by atomic mass is 127. The maximum absolute atomic E-state index is 13.5. The van der Waals surface area contributed by atoms with E-state index in [1.165, 1.54) is 4.90 Å². The number of anilines is 1. The van der Waals surface area contributed by atoms with E-state index < -0.39 is 11.6 Å². The van der Waals surface area contributed by atoms with E-state index in [9.17, 15) is 13.6 Å². The van der Waals surface area contributed by atoms with Gasteiger partial charge in [0, 0.05) is 30.1 Å². The average Bonchev–Trinajstić information content (AvgIpc) is 2.74. The van der Waals surface area contributed by atoms with Gasteiger partial charge in [-0.15, -0.1) is 0 Å². The van der Waals surface area contributed by atoms with E-state index in [4.69, 9.17) is 5.53 Å². The Labute approximate surface area is 121 Å². The predicted octanol–water partition coefficient (Wildman–Crippen LogP) is 3.23. The Morgan fingerprint density at radius 1 is 1.47 bits per heavy atom. The number of amides is 1. The molecule has 0 radical (unpaired) electrons. The minimum absolute atomic E-state index is 0.0985. The van der Waals surface area contributed by atoms with Crippen molar-refractivity contribution < 1.29 is 13.6 Å². The third-order valence-corrected chi connectivity index (χ3v) is 3.92. The van der Waals surface area contributed by atoms with Crippen LogP contribution >= 0.6 is 22.6 Å². The molecule has 1 fully saturated rings. The summed E-state index contributed by atoms with van der Waals surface area (Å²) in [5.41, 5.74) is 8.44. The largest absolute Gasteiger partial charge is 0.312 e. The topological polar surface area (TPSA) is 69.1 Å². The van der Waals surface area contributed by atoms with Crippen molar-refractivity contribution in [3.8, 4) is 0 Å². The number of hydrogen-bond acceptors (Lipinski definition) is 2. The molecule has 19 heavy (non-hydrogen) atoms. The summed E-state index contributed by atoms with van der Waals surface area (Å²) in [5, 5.41) is 3.42. The van der Waals surface area contributed by atoms with Crippen LogP contribution in [0, 0.1) is 21.1 Å². The zero-order chi connectivity index (χ0) is 14.0. The minimum Gasteiger partial charge on any atom is -0.312 e. The Morgan fingerprint density at radius 2 is 2.11 bits per heavy atom. The van der Waals surface area contributed by atoms with Gasteiger partial charge in [-0.25, -0.2) is 8.78 Å². The Kier molecular flexibility index (Phi) is 4.20. The van der Waals surface area contributed by atoms with Crippen LogP contribution in [0.2, 0.25) is 0 Å². The van der Waals surface area contributed by atoms with Crippen LogP contribution in [0.25, 0.3) is 10.4 Å². The second kappa shape index (κ2) is 5.70. The Morgan fingerprint density at radius 3 is 2.68 bits per heavy atom. The van der Waals surface area contributed by atoms with E-state index in [1.54, 1.807) is 22.6 Å². The standard InChI is InChI=1S/C11H9F2IN4O/c12-8-2-7(3-9(13)11(8)14)18-5-6(1-10(18)19)4-16-17-15/h2-3,6H,1,4-5H2. The van der Waals surface area contributed by atoms with Crippen molar-refractivity contribution in [2.45, 2.75) is 6.42 Å². The van der Waals surface area contributed by atoms with Crippen LogP contribution in [0.1, 0.15) is 6.42 Å². The van der Waals surface area contributed by atoms with Crippen LogP contribution in [0.4, 0.5) is 14.5 Å². The number of carbonyl (C=O) groups excluding carboxylic acids is 1. The molecule has 0 aliphatic carbocycles. The van der Waals surface area contributed by atoms with Crippen molar-refractivity contribution in [1.82, 2.24) is 0 Å². The molecule has 0 saturated carbocycles. The molecule has 0 N–H and O–H groups in total. The van der Waals surface area contributed by atoms with Crippen molar-refractivity contribution in [2.24, 2.45) is 11.0 Å². The van der Waals surface area contributed by atoms with Crippen LogP contribution in [0.15, 0.2) is 17.2 Å². The third-order valence-electron chi connectivity index (χ3n) is 2.89. The van der Waals surface area contributed by atoms with E-state index >= 15 is 0 Å². The van der Waals surface area contributed by atoms with Crippen LogP contribution in [0.3, 0.4) is 0 Å². The highest BCUT2D eigenvalue weighted by Gasteiger charge is 2.30. The van der Waals surface area contributed by atoms with E-state index in [1.807, 2.05) is 0 Å². The van der Waals surface area contributed by atoms with Gasteiger partial charge < -0.3 is 4.90 Å². The van der Waals surface area contributed by atoms with Gasteiger partial charge in [-0.3, -0.25) is 4.79 Å². The highest BCUT2D eigenvalue weighted by Crippen LogP contribution is 2.28. The molecule has 1 unspecified atom stereocenters. The maximum Gasteiger partial charge on any atom is 0.227 e. The first-order valence-electron chi connectivity index (χ1n) is 5.48. The van der Waals surface area contributed by atoms with E-state index in [2.05, 4.69) is 10.0 Å². The smallest absolute Gasteiger partial charge is 0.227 e. The zero-order valence-electron chi connectivity index (χ0n) is 9.68. The number of benzene rings is 1. The quantitative estimate of drug-likeness (QED) is 0.262. The number of rotatable bonds is 3. The number of carbonyl (C=O) groups is 1. The monoisotopic (exact) mass is 378 g/mol. The summed E-state index contributed by atoms with van der Waals surface area (Å²) in [5.74, 6) is -1.73. The summed E-state index contributed by atoms with van der Waals surface area (Å²) in [4.78, 5) is 15.8. The van der Waals surface area contributed by atoms with Gasteiger partial charge in [0.15, 0.2) is 0 Å². The van der Waals surface area contributed by atoms with E-state index in [0.717, 1.165) is 12.1 Å². The molecule has 5 nitrogen and oxygen atoms in total. The van der Waals surface area contributed by atoms with Crippen molar-refractivity contribution in [2.75, 3.05) is 18.0 Å². The second-order valence-electron chi connectivity index (χ2n) is 4.21. The summed E-state index contributed by atoms with van der Waals surface area (Å²) in [6.07, 6.45) is 0.217. The predicted molar refractivity (Wildman–Crippen MR) is 73.5 cm³/mol. The number of azide groups is 1. The van der Waals surface area contributed by atoms with Crippen molar-refractivity contribution in [1.29, 1.82) is 0 Å². The summed E-state index contributed by atoms with van der Waals surface area (Å²) >= 11 is 1.57. The first-order valence-corrected chi connectivity index (χ1v) is 6.56. The molecule has 1 aliphatic heterocycles. The van der Waals surface area contributed by atoms with Gasteiger partial charge in [-0.05, 0) is 46.2 Å². The number of hydrogen-bond donors (Lipinski definition) is 0. The molecular weight excluding hydrogens is 369 g/mol. The van der Waals surface area contributed by atoms with Gasteiger partial charge in [0.2, 0.25) is 5.91 Å². The fraction of sp³-hybridized carbons (Fsp3) is 0.364. The van der Waals surface area contributed by atoms with Crippen molar-refractivity contribution in [3.05, 3.63) is 37.8 Å². The Hall–Kier alpha value is -1.41. The van der Waals surface area contributed by atoms with Gasteiger partial charge >= 0.3 is 0 Å². The zero-order valence-corrected chi connectivity index (χ0v) is 11.8. The molecule has 0 spiro atoms. The van der Waals surface area contributed by atoms with Gasteiger partial charge in [0.25, 0.3) is 0 Å². The summed E-state index contributed by atoms with van der Waals surface area (Å²) in [6, 6.07) is 2.28. The lowest BCUT2D eigenvalue weighted by molar-refractivity contribution is -0.117. The van der Waals surface area contributed by atoms with Gasteiger partial charge in [0.05, 0.1) is 3.57 Å². The molecule has 1 aromatic carbocycles. The molecule has 0 bridgehead atoms. The normalized spacial score (nSPS) is 18.6. The van der Waals surface area contributed by atoms with Crippen LogP contribution < -0.4 is 4.90 Å². The Balaban J connectivity index is 2.23. The second-order valence-corrected chi connectivity index (χ2v) is 5.29. The minimum atomic E-state index is -0.693. The number of nitrogens with zero attached hydrogens (tertiary/aromatic N) is 4. The molecule has 1 saturated heterocycles. The first kappa shape index (κ1) is 14.0. The molecule has 8 heteroatoms. The third kappa shape index (κ3) is 2.95.